The van der Waals surface area contributed by atoms with Gasteiger partial charge in [-0.25, -0.2) is 4.98 Å². The summed E-state index contributed by atoms with van der Waals surface area (Å²) in [6, 6.07) is 3.69. The number of nitrogen functional groups attached to an aromatic ring is 2. The first kappa shape index (κ1) is 6.84. The van der Waals surface area contributed by atoms with E-state index in [0.29, 0.717) is 17.0 Å². The first-order valence-corrected chi connectivity index (χ1v) is 3.53. The normalized spacial score (nSPS) is 10.3. The summed E-state index contributed by atoms with van der Waals surface area (Å²) in [5.41, 5.74) is 12.5. The van der Waals surface area contributed by atoms with E-state index in [2.05, 4.69) is 9.97 Å². The van der Waals surface area contributed by atoms with Gasteiger partial charge in [0, 0.05) is 11.6 Å². The number of fused-ring (bicyclic) bond motifs is 1. The van der Waals surface area contributed by atoms with Crippen LogP contribution in [0.1, 0.15) is 0 Å². The van der Waals surface area contributed by atoms with Gasteiger partial charge < -0.3 is 11.5 Å². The van der Waals surface area contributed by atoms with Crippen LogP contribution in [0.2, 0.25) is 0 Å². The predicted octanol–water partition coefficient (Wildman–Crippen LogP) is 0.794. The fourth-order valence-electron chi connectivity index (χ4n) is 1.11. The highest BCUT2D eigenvalue weighted by molar-refractivity contribution is 5.95. The molecule has 4 N–H and O–H groups in total. The van der Waals surface area contributed by atoms with E-state index in [1.54, 1.807) is 12.4 Å². The number of nitrogens with two attached hydrogens (primary N) is 2. The van der Waals surface area contributed by atoms with Crippen molar-refractivity contribution in [1.82, 2.24) is 9.97 Å². The lowest BCUT2D eigenvalue weighted by Crippen LogP contribution is -1.96. The maximum atomic E-state index is 5.67. The van der Waals surface area contributed by atoms with Crippen molar-refractivity contribution < 1.29 is 0 Å². The van der Waals surface area contributed by atoms with Crippen molar-refractivity contribution in [3.05, 3.63) is 24.5 Å². The van der Waals surface area contributed by atoms with Gasteiger partial charge >= 0.3 is 0 Å². The average molecular weight is 160 g/mol. The molecular formula is C8H8N4. The van der Waals surface area contributed by atoms with Gasteiger partial charge in [0.05, 0.1) is 11.9 Å². The van der Waals surface area contributed by atoms with Crippen LogP contribution >= 0.6 is 0 Å². The smallest absolute Gasteiger partial charge is 0.150 e. The lowest BCUT2D eigenvalue weighted by atomic mass is 10.2. The summed E-state index contributed by atoms with van der Waals surface area (Å²) in [4.78, 5) is 7.97. The van der Waals surface area contributed by atoms with Crippen LogP contribution in [-0.2, 0) is 0 Å². The molecule has 60 valence electrons. The molecule has 0 radical (unpaired) electrons. The van der Waals surface area contributed by atoms with Crippen LogP contribution in [0.3, 0.4) is 0 Å². The van der Waals surface area contributed by atoms with E-state index in [1.807, 2.05) is 12.1 Å². The number of aromatic nitrogens is 2. The molecule has 0 aromatic carbocycles. The van der Waals surface area contributed by atoms with E-state index in [4.69, 9.17) is 11.5 Å². The van der Waals surface area contributed by atoms with E-state index in [0.717, 1.165) is 5.39 Å². The first-order chi connectivity index (χ1) is 5.79. The number of rotatable bonds is 0. The molecule has 12 heavy (non-hydrogen) atoms. The molecule has 0 bridgehead atoms. The number of pyridine rings is 2. The Morgan fingerprint density at radius 1 is 1.17 bits per heavy atom. The maximum absolute atomic E-state index is 5.67. The van der Waals surface area contributed by atoms with Gasteiger partial charge in [0.25, 0.3) is 0 Å². The number of hydrogen-bond donors (Lipinski definition) is 2. The SMILES string of the molecule is Nc1cnc(N)c2ncccc12. The number of anilines is 2. The number of hydrogen-bond acceptors (Lipinski definition) is 4. The molecule has 2 aromatic heterocycles. The lowest BCUT2D eigenvalue weighted by molar-refractivity contribution is 1.32. The standard InChI is InChI=1S/C8H8N4/c9-6-4-12-8(10)7-5(6)2-1-3-11-7/h1-4H,9H2,(H2,10,12). The Balaban J connectivity index is 2.95. The quantitative estimate of drug-likeness (QED) is 0.597. The van der Waals surface area contributed by atoms with Crippen molar-refractivity contribution in [3.8, 4) is 0 Å². The topological polar surface area (TPSA) is 77.8 Å². The summed E-state index contributed by atoms with van der Waals surface area (Å²) in [5, 5.41) is 0.852. The lowest BCUT2D eigenvalue weighted by Gasteiger charge is -2.01. The second-order valence-corrected chi connectivity index (χ2v) is 2.50. The van der Waals surface area contributed by atoms with Gasteiger partial charge in [-0.2, -0.15) is 0 Å². The third-order valence-electron chi connectivity index (χ3n) is 1.70. The Hall–Kier alpha value is -1.84. The van der Waals surface area contributed by atoms with Crippen LogP contribution < -0.4 is 11.5 Å². The van der Waals surface area contributed by atoms with Crippen molar-refractivity contribution in [2.24, 2.45) is 0 Å². The van der Waals surface area contributed by atoms with E-state index in [1.165, 1.54) is 0 Å². The van der Waals surface area contributed by atoms with E-state index < -0.39 is 0 Å². The largest absolute Gasteiger partial charge is 0.397 e. The van der Waals surface area contributed by atoms with Crippen LogP contribution in [0.25, 0.3) is 10.9 Å². The average Bonchev–Trinajstić information content (AvgIpc) is 2.12. The van der Waals surface area contributed by atoms with Gasteiger partial charge in [-0.3, -0.25) is 4.98 Å². The Labute approximate surface area is 69.2 Å². The highest BCUT2D eigenvalue weighted by atomic mass is 14.9. The van der Waals surface area contributed by atoms with Gasteiger partial charge in [0.1, 0.15) is 11.3 Å². The van der Waals surface area contributed by atoms with Gasteiger partial charge in [-0.05, 0) is 12.1 Å². The third kappa shape index (κ3) is 0.852. The van der Waals surface area contributed by atoms with Crippen LogP contribution in [0.15, 0.2) is 24.5 Å². The molecule has 0 amide bonds. The zero-order chi connectivity index (χ0) is 8.55. The molecule has 0 aliphatic rings. The second kappa shape index (κ2) is 2.34. The minimum Gasteiger partial charge on any atom is -0.397 e. The van der Waals surface area contributed by atoms with Gasteiger partial charge in [-0.1, -0.05) is 0 Å². The Bertz CT molecular complexity index is 384. The van der Waals surface area contributed by atoms with Gasteiger partial charge in [0.15, 0.2) is 0 Å². The fraction of sp³-hybridized carbons (Fsp3) is 0. The summed E-state index contributed by atoms with van der Waals surface area (Å²) < 4.78 is 0. The van der Waals surface area contributed by atoms with Crippen molar-refractivity contribution in [2.75, 3.05) is 11.5 Å². The maximum Gasteiger partial charge on any atom is 0.150 e. The van der Waals surface area contributed by atoms with Crippen molar-refractivity contribution in [3.63, 3.8) is 0 Å². The van der Waals surface area contributed by atoms with E-state index in [-0.39, 0.29) is 0 Å². The summed E-state index contributed by atoms with van der Waals surface area (Å²) >= 11 is 0. The van der Waals surface area contributed by atoms with Crippen LogP contribution in [0.4, 0.5) is 11.5 Å². The molecule has 2 aromatic rings. The molecule has 0 unspecified atom stereocenters. The third-order valence-corrected chi connectivity index (χ3v) is 1.70. The molecule has 0 aliphatic heterocycles. The fourth-order valence-corrected chi connectivity index (χ4v) is 1.11. The van der Waals surface area contributed by atoms with Crippen LogP contribution in [0.5, 0.6) is 0 Å². The predicted molar refractivity (Wildman–Crippen MR) is 48.4 cm³/mol. The van der Waals surface area contributed by atoms with E-state index >= 15 is 0 Å². The Morgan fingerprint density at radius 2 is 2.00 bits per heavy atom. The minimum atomic E-state index is 0.416. The minimum absolute atomic E-state index is 0.416. The van der Waals surface area contributed by atoms with Crippen LogP contribution in [-0.4, -0.2) is 9.97 Å². The summed E-state index contributed by atoms with van der Waals surface area (Å²) in [6.07, 6.45) is 3.21. The zero-order valence-electron chi connectivity index (χ0n) is 6.36. The molecule has 0 fully saturated rings. The molecule has 2 rings (SSSR count). The number of nitrogens with zero attached hydrogens (tertiary/aromatic N) is 2. The molecule has 0 aliphatic carbocycles. The first-order valence-electron chi connectivity index (χ1n) is 3.53. The zero-order valence-corrected chi connectivity index (χ0v) is 6.36. The molecule has 2 heterocycles. The summed E-state index contributed by atoms with van der Waals surface area (Å²) in [7, 11) is 0. The van der Waals surface area contributed by atoms with Gasteiger partial charge in [-0.15, -0.1) is 0 Å². The van der Waals surface area contributed by atoms with Crippen molar-refractivity contribution >= 4 is 22.4 Å². The van der Waals surface area contributed by atoms with E-state index in [9.17, 15) is 0 Å². The molecule has 0 saturated carbocycles. The molecule has 0 spiro atoms. The molecular weight excluding hydrogens is 152 g/mol. The molecule has 0 saturated heterocycles. The van der Waals surface area contributed by atoms with Crippen molar-refractivity contribution in [2.45, 2.75) is 0 Å². The monoisotopic (exact) mass is 160 g/mol. The second-order valence-electron chi connectivity index (χ2n) is 2.50. The summed E-state index contributed by atoms with van der Waals surface area (Å²) in [5.74, 6) is 0.416. The highest BCUT2D eigenvalue weighted by Crippen LogP contribution is 2.20. The van der Waals surface area contributed by atoms with Gasteiger partial charge in [0.2, 0.25) is 0 Å². The summed E-state index contributed by atoms with van der Waals surface area (Å²) in [6.45, 7) is 0. The Kier molecular flexibility index (Phi) is 1.33. The van der Waals surface area contributed by atoms with Crippen LogP contribution in [0, 0.1) is 0 Å². The molecule has 4 heteroatoms. The Morgan fingerprint density at radius 3 is 2.75 bits per heavy atom. The highest BCUT2D eigenvalue weighted by Gasteiger charge is 2.01. The molecule has 4 nitrogen and oxygen atoms in total. The molecule has 0 atom stereocenters. The van der Waals surface area contributed by atoms with Crippen molar-refractivity contribution in [1.29, 1.82) is 0 Å².